The maximum Gasteiger partial charge on any atom is 0.508 e. The molecule has 1 aromatic heterocycles. The Balaban J connectivity index is 1.53. The van der Waals surface area contributed by atoms with Gasteiger partial charge < -0.3 is 19.3 Å². The number of allylic oxidation sites excluding steroid dienone is 1. The predicted octanol–water partition coefficient (Wildman–Crippen LogP) is 1.54. The molecule has 0 aromatic carbocycles. The molecule has 1 aliphatic heterocycles. The zero-order chi connectivity index (χ0) is 20.1. The molecule has 9 heteroatoms. The van der Waals surface area contributed by atoms with Crippen molar-refractivity contribution >= 4 is 6.16 Å². The number of nitrogens with one attached hydrogen (secondary N) is 1. The van der Waals surface area contributed by atoms with Crippen molar-refractivity contribution in [1.29, 1.82) is 0 Å². The van der Waals surface area contributed by atoms with Gasteiger partial charge in [-0.2, -0.15) is 0 Å². The van der Waals surface area contributed by atoms with Crippen molar-refractivity contribution in [2.45, 2.75) is 70.0 Å². The number of carbonyl (C=O) groups excluding carboxylic acids is 1. The van der Waals surface area contributed by atoms with Crippen molar-refractivity contribution in [2.75, 3.05) is 6.61 Å². The van der Waals surface area contributed by atoms with Crippen molar-refractivity contribution in [1.82, 2.24) is 9.55 Å². The van der Waals surface area contributed by atoms with Crippen LogP contribution in [0.3, 0.4) is 0 Å². The summed E-state index contributed by atoms with van der Waals surface area (Å²) in [5.74, 6) is 0. The quantitative estimate of drug-likeness (QED) is 0.587. The smallest absolute Gasteiger partial charge is 0.431 e. The number of aliphatic hydroxyl groups is 1. The molecule has 3 rings (SSSR count). The first-order chi connectivity index (χ1) is 13.4. The molecule has 1 aliphatic carbocycles. The summed E-state index contributed by atoms with van der Waals surface area (Å²) in [6.07, 6.45) is 6.79. The van der Waals surface area contributed by atoms with E-state index in [2.05, 4.69) is 4.98 Å². The topological polar surface area (TPSA) is 120 Å². The average Bonchev–Trinajstić information content (AvgIpc) is 2.99. The van der Waals surface area contributed by atoms with Crippen molar-refractivity contribution in [3.63, 3.8) is 0 Å². The number of hydrogen-bond acceptors (Lipinski definition) is 7. The maximum absolute atomic E-state index is 12.0. The van der Waals surface area contributed by atoms with Gasteiger partial charge in [-0.1, -0.05) is 12.5 Å². The molecule has 2 aliphatic rings. The van der Waals surface area contributed by atoms with Crippen molar-refractivity contribution in [2.24, 2.45) is 0 Å². The second kappa shape index (κ2) is 9.20. The van der Waals surface area contributed by atoms with Crippen LogP contribution in [0.4, 0.5) is 4.79 Å². The van der Waals surface area contributed by atoms with Gasteiger partial charge in [0, 0.05) is 18.2 Å². The number of aliphatic hydroxyl groups excluding tert-OH is 1. The fourth-order valence-electron chi connectivity index (χ4n) is 3.37. The van der Waals surface area contributed by atoms with Crippen LogP contribution in [0.2, 0.25) is 0 Å². The Labute approximate surface area is 161 Å². The zero-order valence-corrected chi connectivity index (χ0v) is 15.8. The van der Waals surface area contributed by atoms with E-state index in [1.807, 2.05) is 12.2 Å². The number of aromatic nitrogens is 2. The summed E-state index contributed by atoms with van der Waals surface area (Å²) in [5, 5.41) is 10.2. The Kier molecular flexibility index (Phi) is 6.69. The molecule has 1 saturated heterocycles. The Hall–Kier alpha value is -2.39. The molecule has 4 atom stereocenters. The third-order valence-electron chi connectivity index (χ3n) is 4.98. The fourth-order valence-corrected chi connectivity index (χ4v) is 3.37. The van der Waals surface area contributed by atoms with Crippen LogP contribution in [-0.2, 0) is 14.2 Å². The highest BCUT2D eigenvalue weighted by molar-refractivity contribution is 5.60. The Bertz CT molecular complexity index is 828. The van der Waals surface area contributed by atoms with Gasteiger partial charge in [-0.25, -0.2) is 9.59 Å². The lowest BCUT2D eigenvalue weighted by molar-refractivity contribution is -0.0615. The van der Waals surface area contributed by atoms with Crippen LogP contribution in [0, 0.1) is 6.92 Å². The summed E-state index contributed by atoms with van der Waals surface area (Å²) in [7, 11) is 0. The lowest BCUT2D eigenvalue weighted by Crippen LogP contribution is -2.33. The summed E-state index contributed by atoms with van der Waals surface area (Å²) in [6, 6.07) is 0. The molecule has 1 unspecified atom stereocenters. The number of ether oxygens (including phenoxy) is 3. The molecule has 2 N–H and O–H groups in total. The summed E-state index contributed by atoms with van der Waals surface area (Å²) in [6.45, 7) is 1.38. The third kappa shape index (κ3) is 5.11. The minimum atomic E-state index is -0.918. The highest BCUT2D eigenvalue weighted by Crippen LogP contribution is 2.28. The van der Waals surface area contributed by atoms with E-state index in [1.165, 1.54) is 10.8 Å². The molecule has 0 amide bonds. The summed E-state index contributed by atoms with van der Waals surface area (Å²) in [5.41, 5.74) is -0.733. The van der Waals surface area contributed by atoms with E-state index in [0.29, 0.717) is 5.56 Å². The van der Waals surface area contributed by atoms with E-state index >= 15 is 0 Å². The zero-order valence-electron chi connectivity index (χ0n) is 15.8. The van der Waals surface area contributed by atoms with Gasteiger partial charge in [-0.05, 0) is 38.7 Å². The number of aromatic amines is 1. The molecule has 0 radical (unpaired) electrons. The van der Waals surface area contributed by atoms with Gasteiger partial charge in [0.25, 0.3) is 5.56 Å². The van der Waals surface area contributed by atoms with Crippen LogP contribution in [0.25, 0.3) is 0 Å². The van der Waals surface area contributed by atoms with Gasteiger partial charge >= 0.3 is 11.8 Å². The molecule has 0 spiro atoms. The highest BCUT2D eigenvalue weighted by atomic mass is 16.7. The monoisotopic (exact) mass is 394 g/mol. The van der Waals surface area contributed by atoms with Crippen LogP contribution in [0.1, 0.15) is 50.3 Å². The third-order valence-corrected chi connectivity index (χ3v) is 4.98. The number of aryl methyl sites for hydroxylation is 1. The van der Waals surface area contributed by atoms with Gasteiger partial charge in [0.15, 0.2) is 0 Å². The number of carbonyl (C=O) groups is 1. The van der Waals surface area contributed by atoms with Crippen molar-refractivity contribution < 1.29 is 24.1 Å². The van der Waals surface area contributed by atoms with Gasteiger partial charge in [0.2, 0.25) is 0 Å². The van der Waals surface area contributed by atoms with Crippen LogP contribution < -0.4 is 11.2 Å². The van der Waals surface area contributed by atoms with E-state index in [1.54, 1.807) is 6.92 Å². The number of nitrogens with zero attached hydrogens (tertiary/aromatic N) is 1. The lowest BCUT2D eigenvalue weighted by Gasteiger charge is -2.18. The van der Waals surface area contributed by atoms with Crippen molar-refractivity contribution in [3.05, 3.63) is 44.8 Å². The first-order valence-corrected chi connectivity index (χ1v) is 9.59. The van der Waals surface area contributed by atoms with Crippen LogP contribution in [-0.4, -0.2) is 45.7 Å². The molecule has 0 saturated carbocycles. The van der Waals surface area contributed by atoms with Crippen LogP contribution >= 0.6 is 0 Å². The summed E-state index contributed by atoms with van der Waals surface area (Å²) < 4.78 is 17.3. The summed E-state index contributed by atoms with van der Waals surface area (Å²) >= 11 is 0. The van der Waals surface area contributed by atoms with Crippen molar-refractivity contribution in [3.8, 4) is 0 Å². The molecular formula is C19H26N2O7. The molecule has 1 aromatic rings. The van der Waals surface area contributed by atoms with Gasteiger partial charge in [0.05, 0.1) is 6.10 Å². The van der Waals surface area contributed by atoms with E-state index < -0.39 is 35.8 Å². The standard InChI is InChI=1S/C19H26N2O7/c1-12-10-21(18(24)20-17(12)23)16-9-14(22)15(28-16)11-26-19(25)27-13-7-5-3-2-4-6-8-13/h5,7,10,13-16,22H,2-4,6,8-9,11H2,1H3,(H,20,23,24)/b7-5+/t13?,14-,15+,16+/m0/s1. The minimum absolute atomic E-state index is 0.139. The molecule has 28 heavy (non-hydrogen) atoms. The first-order valence-electron chi connectivity index (χ1n) is 9.59. The normalized spacial score (nSPS) is 28.9. The molecule has 0 bridgehead atoms. The second-order valence-electron chi connectivity index (χ2n) is 7.19. The Morgan fingerprint density at radius 2 is 2.18 bits per heavy atom. The number of rotatable bonds is 4. The molecule has 2 heterocycles. The SMILES string of the molecule is Cc1cn([C@H]2C[C@H](O)[C@@H](COC(=O)OC3/C=C/CCCCC3)O2)c(=O)[nH]c1=O. The number of H-pyrrole nitrogens is 1. The van der Waals surface area contributed by atoms with Gasteiger partial charge in [-0.15, -0.1) is 0 Å². The largest absolute Gasteiger partial charge is 0.508 e. The second-order valence-corrected chi connectivity index (χ2v) is 7.19. The molecule has 9 nitrogen and oxygen atoms in total. The highest BCUT2D eigenvalue weighted by Gasteiger charge is 2.36. The lowest BCUT2D eigenvalue weighted by atomic mass is 10.0. The predicted molar refractivity (Wildman–Crippen MR) is 99.0 cm³/mol. The fraction of sp³-hybridized carbons (Fsp3) is 0.632. The maximum atomic E-state index is 12.0. The number of hydrogen-bond donors (Lipinski definition) is 2. The van der Waals surface area contributed by atoms with E-state index in [0.717, 1.165) is 32.1 Å². The molecular weight excluding hydrogens is 368 g/mol. The van der Waals surface area contributed by atoms with Crippen LogP contribution in [0.5, 0.6) is 0 Å². The van der Waals surface area contributed by atoms with Gasteiger partial charge in [-0.3, -0.25) is 14.3 Å². The van der Waals surface area contributed by atoms with Crippen LogP contribution in [0.15, 0.2) is 27.9 Å². The minimum Gasteiger partial charge on any atom is -0.431 e. The molecule has 1 fully saturated rings. The van der Waals surface area contributed by atoms with E-state index in [4.69, 9.17) is 14.2 Å². The average molecular weight is 394 g/mol. The van der Waals surface area contributed by atoms with E-state index in [9.17, 15) is 19.5 Å². The van der Waals surface area contributed by atoms with E-state index in [-0.39, 0.29) is 19.1 Å². The van der Waals surface area contributed by atoms with Gasteiger partial charge in [0.1, 0.15) is 25.0 Å². The summed E-state index contributed by atoms with van der Waals surface area (Å²) in [4.78, 5) is 37.6. The first kappa shape index (κ1) is 20.3. The Morgan fingerprint density at radius 3 is 3.00 bits per heavy atom. The Morgan fingerprint density at radius 1 is 1.36 bits per heavy atom. The molecule has 154 valence electrons.